The first-order chi connectivity index (χ1) is 9.61. The molecule has 20 heavy (non-hydrogen) atoms. The molecule has 112 valence electrons. The first-order valence-corrected chi connectivity index (χ1v) is 7.58. The molecule has 2 N–H and O–H groups in total. The minimum Gasteiger partial charge on any atom is -0.379 e. The van der Waals surface area contributed by atoms with E-state index in [1.54, 1.807) is 0 Å². The summed E-state index contributed by atoms with van der Waals surface area (Å²) in [5, 5.41) is 6.85. The summed E-state index contributed by atoms with van der Waals surface area (Å²) < 4.78 is 5.53. The second-order valence-corrected chi connectivity index (χ2v) is 5.65. The average molecular weight is 278 g/mol. The van der Waals surface area contributed by atoms with Crippen LogP contribution in [0.2, 0.25) is 0 Å². The minimum absolute atomic E-state index is 0.316. The number of aromatic nitrogens is 2. The molecule has 1 aromatic heterocycles. The largest absolute Gasteiger partial charge is 0.379 e. The number of anilines is 2. The summed E-state index contributed by atoms with van der Waals surface area (Å²) in [6, 6.07) is 0.354. The Labute approximate surface area is 121 Å². The predicted molar refractivity (Wildman–Crippen MR) is 82.5 cm³/mol. The first kappa shape index (κ1) is 15.0. The van der Waals surface area contributed by atoms with Gasteiger partial charge in [-0.1, -0.05) is 13.8 Å². The monoisotopic (exact) mass is 278 g/mol. The highest BCUT2D eigenvalue weighted by atomic mass is 16.5. The summed E-state index contributed by atoms with van der Waals surface area (Å²) in [4.78, 5) is 9.31. The van der Waals surface area contributed by atoms with Crippen molar-refractivity contribution in [2.45, 2.75) is 52.5 Å². The van der Waals surface area contributed by atoms with Gasteiger partial charge in [-0.2, -0.15) is 0 Å². The van der Waals surface area contributed by atoms with E-state index in [1.165, 1.54) is 0 Å². The number of nitrogens with one attached hydrogen (secondary N) is 2. The zero-order chi connectivity index (χ0) is 14.5. The van der Waals surface area contributed by atoms with Crippen molar-refractivity contribution in [3.05, 3.63) is 11.4 Å². The van der Waals surface area contributed by atoms with Gasteiger partial charge >= 0.3 is 0 Å². The molecule has 1 aliphatic heterocycles. The molecule has 5 heteroatoms. The lowest BCUT2D eigenvalue weighted by atomic mass is 10.1. The maximum absolute atomic E-state index is 5.53. The summed E-state index contributed by atoms with van der Waals surface area (Å²) in [6.07, 6.45) is 2.25. The van der Waals surface area contributed by atoms with E-state index in [4.69, 9.17) is 9.72 Å². The molecule has 2 heterocycles. The van der Waals surface area contributed by atoms with Gasteiger partial charge in [0.05, 0.1) is 12.6 Å². The van der Waals surface area contributed by atoms with Gasteiger partial charge < -0.3 is 15.4 Å². The van der Waals surface area contributed by atoms with Crippen LogP contribution in [0.4, 0.5) is 11.6 Å². The zero-order valence-electron chi connectivity index (χ0n) is 13.0. The van der Waals surface area contributed by atoms with E-state index in [-0.39, 0.29) is 0 Å². The molecule has 2 rings (SSSR count). The number of hydrogen-bond donors (Lipinski definition) is 2. The van der Waals surface area contributed by atoms with Gasteiger partial charge in [0.1, 0.15) is 17.5 Å². The molecule has 0 amide bonds. The summed E-state index contributed by atoms with van der Waals surface area (Å²) in [7, 11) is 0. The van der Waals surface area contributed by atoms with Crippen molar-refractivity contribution in [1.82, 2.24) is 9.97 Å². The molecular formula is C15H26N4O. The van der Waals surface area contributed by atoms with Crippen LogP contribution in [0.5, 0.6) is 0 Å². The standard InChI is InChI=1S/C15H26N4O/c1-5-16-14-11(4)15(19-13(18-14)10(2)3)17-12-7-6-8-20-9-12/h10,12H,5-9H2,1-4H3,(H2,16,17,18,19). The Kier molecular flexibility index (Phi) is 5.17. The Bertz CT molecular complexity index is 442. The van der Waals surface area contributed by atoms with Gasteiger partial charge in [-0.15, -0.1) is 0 Å². The highest BCUT2D eigenvalue weighted by molar-refractivity contribution is 5.57. The van der Waals surface area contributed by atoms with Gasteiger partial charge in [-0.3, -0.25) is 0 Å². The third kappa shape index (κ3) is 3.60. The lowest BCUT2D eigenvalue weighted by Gasteiger charge is -2.25. The molecular weight excluding hydrogens is 252 g/mol. The van der Waals surface area contributed by atoms with Crippen LogP contribution in [0.1, 0.15) is 50.9 Å². The Hall–Kier alpha value is -1.36. The quantitative estimate of drug-likeness (QED) is 0.867. The molecule has 0 aliphatic carbocycles. The minimum atomic E-state index is 0.316. The highest BCUT2D eigenvalue weighted by Gasteiger charge is 2.18. The molecule has 0 saturated carbocycles. The highest BCUT2D eigenvalue weighted by Crippen LogP contribution is 2.24. The third-order valence-electron chi connectivity index (χ3n) is 3.52. The topological polar surface area (TPSA) is 59.1 Å². The van der Waals surface area contributed by atoms with Gasteiger partial charge in [-0.05, 0) is 26.7 Å². The third-order valence-corrected chi connectivity index (χ3v) is 3.52. The molecule has 0 aromatic carbocycles. The molecule has 1 saturated heterocycles. The normalized spacial score (nSPS) is 19.1. The van der Waals surface area contributed by atoms with Gasteiger partial charge in [0.2, 0.25) is 0 Å². The molecule has 1 fully saturated rings. The summed E-state index contributed by atoms with van der Waals surface area (Å²) >= 11 is 0. The SMILES string of the molecule is CCNc1nc(C(C)C)nc(NC2CCCOC2)c1C. The average Bonchev–Trinajstić information content (AvgIpc) is 2.44. The number of ether oxygens (including phenoxy) is 1. The Morgan fingerprint density at radius 1 is 1.30 bits per heavy atom. The van der Waals surface area contributed by atoms with Crippen LogP contribution >= 0.6 is 0 Å². The second kappa shape index (κ2) is 6.88. The van der Waals surface area contributed by atoms with E-state index < -0.39 is 0 Å². The molecule has 1 aliphatic rings. The summed E-state index contributed by atoms with van der Waals surface area (Å²) in [6.45, 7) is 10.9. The van der Waals surface area contributed by atoms with Crippen molar-refractivity contribution in [2.75, 3.05) is 30.4 Å². The Morgan fingerprint density at radius 2 is 2.05 bits per heavy atom. The molecule has 1 aromatic rings. The Balaban J connectivity index is 2.24. The smallest absolute Gasteiger partial charge is 0.135 e. The number of hydrogen-bond acceptors (Lipinski definition) is 5. The first-order valence-electron chi connectivity index (χ1n) is 7.58. The van der Waals surface area contributed by atoms with E-state index in [0.29, 0.717) is 12.0 Å². The van der Waals surface area contributed by atoms with Crippen LogP contribution in [0.15, 0.2) is 0 Å². The van der Waals surface area contributed by atoms with E-state index in [1.807, 2.05) is 0 Å². The maximum atomic E-state index is 5.53. The van der Waals surface area contributed by atoms with Gasteiger partial charge in [0.25, 0.3) is 0 Å². The summed E-state index contributed by atoms with van der Waals surface area (Å²) in [5.41, 5.74) is 1.09. The molecule has 5 nitrogen and oxygen atoms in total. The lowest BCUT2D eigenvalue weighted by Crippen LogP contribution is -2.31. The van der Waals surface area contributed by atoms with Crippen LogP contribution in [0.25, 0.3) is 0 Å². The fourth-order valence-electron chi connectivity index (χ4n) is 2.32. The van der Waals surface area contributed by atoms with E-state index in [9.17, 15) is 0 Å². The summed E-state index contributed by atoms with van der Waals surface area (Å²) in [5.74, 6) is 3.07. The molecule has 1 atom stereocenters. The predicted octanol–water partition coefficient (Wildman–Crippen LogP) is 2.93. The van der Waals surface area contributed by atoms with Crippen molar-refractivity contribution in [3.63, 3.8) is 0 Å². The maximum Gasteiger partial charge on any atom is 0.135 e. The van der Waals surface area contributed by atoms with E-state index in [2.05, 4.69) is 43.3 Å². The van der Waals surface area contributed by atoms with Crippen LogP contribution in [0, 0.1) is 6.92 Å². The van der Waals surface area contributed by atoms with Crippen LogP contribution in [-0.2, 0) is 4.74 Å². The fourth-order valence-corrected chi connectivity index (χ4v) is 2.32. The number of rotatable bonds is 5. The molecule has 0 radical (unpaired) electrons. The second-order valence-electron chi connectivity index (χ2n) is 5.65. The van der Waals surface area contributed by atoms with Crippen molar-refractivity contribution in [3.8, 4) is 0 Å². The fraction of sp³-hybridized carbons (Fsp3) is 0.733. The van der Waals surface area contributed by atoms with E-state index in [0.717, 1.165) is 55.6 Å². The van der Waals surface area contributed by atoms with Crippen molar-refractivity contribution in [2.24, 2.45) is 0 Å². The van der Waals surface area contributed by atoms with Crippen LogP contribution in [-0.4, -0.2) is 35.8 Å². The van der Waals surface area contributed by atoms with E-state index >= 15 is 0 Å². The molecule has 1 unspecified atom stereocenters. The van der Waals surface area contributed by atoms with Gasteiger partial charge in [0, 0.05) is 24.6 Å². The number of nitrogens with zero attached hydrogens (tertiary/aromatic N) is 2. The van der Waals surface area contributed by atoms with Crippen LogP contribution < -0.4 is 10.6 Å². The Morgan fingerprint density at radius 3 is 2.65 bits per heavy atom. The van der Waals surface area contributed by atoms with Crippen molar-refractivity contribution >= 4 is 11.6 Å². The van der Waals surface area contributed by atoms with Gasteiger partial charge in [-0.25, -0.2) is 9.97 Å². The zero-order valence-corrected chi connectivity index (χ0v) is 13.0. The van der Waals surface area contributed by atoms with Crippen LogP contribution in [0.3, 0.4) is 0 Å². The molecule has 0 spiro atoms. The van der Waals surface area contributed by atoms with Crippen molar-refractivity contribution in [1.29, 1.82) is 0 Å². The molecule has 0 bridgehead atoms. The van der Waals surface area contributed by atoms with Gasteiger partial charge in [0.15, 0.2) is 0 Å². The lowest BCUT2D eigenvalue weighted by molar-refractivity contribution is 0.0875. The van der Waals surface area contributed by atoms with Crippen molar-refractivity contribution < 1.29 is 4.74 Å².